The summed E-state index contributed by atoms with van der Waals surface area (Å²) in [6.07, 6.45) is 1.74. The molecule has 0 aliphatic carbocycles. The van der Waals surface area contributed by atoms with Crippen molar-refractivity contribution in [3.8, 4) is 11.5 Å². The van der Waals surface area contributed by atoms with Crippen LogP contribution in [0.3, 0.4) is 0 Å². The molecule has 1 fully saturated rings. The smallest absolute Gasteiger partial charge is 0.161 e. The zero-order chi connectivity index (χ0) is 14.2. The second-order valence-corrected chi connectivity index (χ2v) is 5.04. The van der Waals surface area contributed by atoms with Crippen LogP contribution in [0.15, 0.2) is 36.9 Å². The average Bonchev–Trinajstić information content (AvgIpc) is 2.48. The predicted octanol–water partition coefficient (Wildman–Crippen LogP) is 1.88. The van der Waals surface area contributed by atoms with E-state index in [-0.39, 0.29) is 0 Å². The van der Waals surface area contributed by atoms with E-state index in [0.717, 1.165) is 44.2 Å². The third-order valence-electron chi connectivity index (χ3n) is 3.47. The summed E-state index contributed by atoms with van der Waals surface area (Å²) in [6, 6.07) is 7.79. The number of benzene rings is 1. The lowest BCUT2D eigenvalue weighted by molar-refractivity contribution is 0.132. The minimum atomic E-state index is 0.499. The summed E-state index contributed by atoms with van der Waals surface area (Å²) in [4.78, 5) is 4.79. The molecule has 0 aromatic heterocycles. The summed E-state index contributed by atoms with van der Waals surface area (Å²) < 4.78 is 11.4. The molecule has 110 valence electrons. The van der Waals surface area contributed by atoms with Crippen molar-refractivity contribution in [3.05, 3.63) is 36.9 Å². The van der Waals surface area contributed by atoms with Crippen molar-refractivity contribution in [3.63, 3.8) is 0 Å². The van der Waals surface area contributed by atoms with Crippen molar-refractivity contribution in [2.75, 3.05) is 53.0 Å². The van der Waals surface area contributed by atoms with Crippen molar-refractivity contribution in [2.24, 2.45) is 0 Å². The molecule has 0 saturated carbocycles. The third-order valence-corrected chi connectivity index (χ3v) is 3.47. The Balaban J connectivity index is 1.77. The lowest BCUT2D eigenvalue weighted by atomic mass is 10.3. The normalized spacial score (nSPS) is 16.9. The molecule has 0 N–H and O–H groups in total. The first-order valence-corrected chi connectivity index (χ1v) is 7.16. The minimum absolute atomic E-state index is 0.499. The van der Waals surface area contributed by atoms with Crippen molar-refractivity contribution in [1.29, 1.82) is 0 Å². The summed E-state index contributed by atoms with van der Waals surface area (Å²) in [5, 5.41) is 0. The number of hydrogen-bond donors (Lipinski definition) is 0. The van der Waals surface area contributed by atoms with E-state index >= 15 is 0 Å². The van der Waals surface area contributed by atoms with Gasteiger partial charge in [-0.1, -0.05) is 24.8 Å². The molecule has 1 aliphatic rings. The zero-order valence-corrected chi connectivity index (χ0v) is 12.3. The van der Waals surface area contributed by atoms with E-state index in [1.165, 1.54) is 0 Å². The Labute approximate surface area is 121 Å². The number of piperazine rings is 1. The summed E-state index contributed by atoms with van der Waals surface area (Å²) in [6.45, 7) is 10.3. The fraction of sp³-hybridized carbons (Fsp3) is 0.500. The largest absolute Gasteiger partial charge is 0.488 e. The quantitative estimate of drug-likeness (QED) is 0.710. The SMILES string of the molecule is C=CCOc1ccccc1OCCN1CCN(C)CC1. The number of rotatable bonds is 7. The van der Waals surface area contributed by atoms with E-state index in [0.29, 0.717) is 13.2 Å². The van der Waals surface area contributed by atoms with Crippen LogP contribution in [0.2, 0.25) is 0 Å². The molecule has 0 bridgehead atoms. The van der Waals surface area contributed by atoms with E-state index in [1.807, 2.05) is 24.3 Å². The molecule has 1 aromatic rings. The molecule has 0 unspecified atom stereocenters. The first kappa shape index (κ1) is 14.9. The fourth-order valence-corrected chi connectivity index (χ4v) is 2.19. The van der Waals surface area contributed by atoms with Gasteiger partial charge in [0.25, 0.3) is 0 Å². The Hall–Kier alpha value is -1.52. The van der Waals surface area contributed by atoms with Crippen molar-refractivity contribution >= 4 is 0 Å². The summed E-state index contributed by atoms with van der Waals surface area (Å²) >= 11 is 0. The van der Waals surface area contributed by atoms with Crippen LogP contribution >= 0.6 is 0 Å². The van der Waals surface area contributed by atoms with Gasteiger partial charge in [-0.15, -0.1) is 0 Å². The molecule has 0 atom stereocenters. The van der Waals surface area contributed by atoms with Gasteiger partial charge in [0.05, 0.1) is 0 Å². The molecule has 0 spiro atoms. The molecule has 4 heteroatoms. The maximum absolute atomic E-state index is 5.85. The average molecular weight is 276 g/mol. The van der Waals surface area contributed by atoms with Crippen LogP contribution in [-0.4, -0.2) is 62.8 Å². The maximum Gasteiger partial charge on any atom is 0.161 e. The van der Waals surface area contributed by atoms with Gasteiger partial charge in [0.15, 0.2) is 11.5 Å². The van der Waals surface area contributed by atoms with Crippen molar-refractivity contribution < 1.29 is 9.47 Å². The van der Waals surface area contributed by atoms with E-state index in [1.54, 1.807) is 6.08 Å². The number of nitrogens with zero attached hydrogens (tertiary/aromatic N) is 2. The molecule has 1 aromatic carbocycles. The molecule has 20 heavy (non-hydrogen) atoms. The van der Waals surface area contributed by atoms with Gasteiger partial charge in [-0.05, 0) is 19.2 Å². The van der Waals surface area contributed by atoms with Crippen LogP contribution < -0.4 is 9.47 Å². The highest BCUT2D eigenvalue weighted by atomic mass is 16.5. The van der Waals surface area contributed by atoms with Gasteiger partial charge in [0.2, 0.25) is 0 Å². The van der Waals surface area contributed by atoms with Gasteiger partial charge in [-0.3, -0.25) is 4.90 Å². The van der Waals surface area contributed by atoms with Gasteiger partial charge in [0, 0.05) is 32.7 Å². The number of likely N-dealkylation sites (N-methyl/N-ethyl adjacent to an activating group) is 1. The Bertz CT molecular complexity index is 415. The molecule has 4 nitrogen and oxygen atoms in total. The second kappa shape index (κ2) is 7.92. The van der Waals surface area contributed by atoms with Crippen molar-refractivity contribution in [1.82, 2.24) is 9.80 Å². The highest BCUT2D eigenvalue weighted by Crippen LogP contribution is 2.26. The minimum Gasteiger partial charge on any atom is -0.488 e. The van der Waals surface area contributed by atoms with Gasteiger partial charge in [-0.25, -0.2) is 0 Å². The van der Waals surface area contributed by atoms with Crippen molar-refractivity contribution in [2.45, 2.75) is 0 Å². The lowest BCUT2D eigenvalue weighted by Crippen LogP contribution is -2.45. The van der Waals surface area contributed by atoms with E-state index < -0.39 is 0 Å². The van der Waals surface area contributed by atoms with Crippen LogP contribution in [0.4, 0.5) is 0 Å². The first-order valence-electron chi connectivity index (χ1n) is 7.16. The predicted molar refractivity (Wildman–Crippen MR) is 81.6 cm³/mol. The fourth-order valence-electron chi connectivity index (χ4n) is 2.19. The molecule has 0 radical (unpaired) electrons. The van der Waals surface area contributed by atoms with Crippen LogP contribution in [-0.2, 0) is 0 Å². The second-order valence-electron chi connectivity index (χ2n) is 5.04. The maximum atomic E-state index is 5.85. The molecule has 2 rings (SSSR count). The Morgan fingerprint density at radius 3 is 2.40 bits per heavy atom. The third kappa shape index (κ3) is 4.54. The lowest BCUT2D eigenvalue weighted by Gasteiger charge is -2.32. The van der Waals surface area contributed by atoms with E-state index in [2.05, 4.69) is 23.4 Å². The van der Waals surface area contributed by atoms with Crippen LogP contribution in [0, 0.1) is 0 Å². The van der Waals surface area contributed by atoms with Gasteiger partial charge in [-0.2, -0.15) is 0 Å². The molecule has 1 saturated heterocycles. The number of ether oxygens (including phenoxy) is 2. The number of para-hydroxylation sites is 2. The van der Waals surface area contributed by atoms with Gasteiger partial charge >= 0.3 is 0 Å². The molecule has 0 amide bonds. The molecular formula is C16H24N2O2. The van der Waals surface area contributed by atoms with E-state index in [4.69, 9.17) is 9.47 Å². The van der Waals surface area contributed by atoms with Gasteiger partial charge in [0.1, 0.15) is 13.2 Å². The summed E-state index contributed by atoms with van der Waals surface area (Å²) in [5.41, 5.74) is 0. The molecule has 1 aliphatic heterocycles. The first-order chi connectivity index (χ1) is 9.79. The highest BCUT2D eigenvalue weighted by molar-refractivity contribution is 5.39. The highest BCUT2D eigenvalue weighted by Gasteiger charge is 2.13. The zero-order valence-electron chi connectivity index (χ0n) is 12.3. The topological polar surface area (TPSA) is 24.9 Å². The van der Waals surface area contributed by atoms with Crippen LogP contribution in [0.1, 0.15) is 0 Å². The Morgan fingerprint density at radius 1 is 1.10 bits per heavy atom. The summed E-state index contributed by atoms with van der Waals surface area (Å²) in [7, 11) is 2.17. The van der Waals surface area contributed by atoms with Crippen LogP contribution in [0.25, 0.3) is 0 Å². The number of hydrogen-bond acceptors (Lipinski definition) is 4. The molecular weight excluding hydrogens is 252 g/mol. The monoisotopic (exact) mass is 276 g/mol. The standard InChI is InChI=1S/C16H24N2O2/c1-3-13-19-15-6-4-5-7-16(15)20-14-12-18-10-8-17(2)9-11-18/h3-7H,1,8-14H2,2H3. The summed E-state index contributed by atoms with van der Waals surface area (Å²) in [5.74, 6) is 1.59. The molecule has 1 heterocycles. The Morgan fingerprint density at radius 2 is 1.75 bits per heavy atom. The van der Waals surface area contributed by atoms with Crippen LogP contribution in [0.5, 0.6) is 11.5 Å². The van der Waals surface area contributed by atoms with Gasteiger partial charge < -0.3 is 14.4 Å². The van der Waals surface area contributed by atoms with E-state index in [9.17, 15) is 0 Å². The Kier molecular flexibility index (Phi) is 5.89.